The van der Waals surface area contributed by atoms with Crippen molar-refractivity contribution in [1.82, 2.24) is 0 Å². The summed E-state index contributed by atoms with van der Waals surface area (Å²) in [6.45, 7) is 1.62. The number of aliphatic hydroxyl groups is 1. The van der Waals surface area contributed by atoms with Gasteiger partial charge in [-0.1, -0.05) is 18.2 Å². The van der Waals surface area contributed by atoms with Gasteiger partial charge in [0.25, 0.3) is 5.91 Å². The Hall–Kier alpha value is -3.64. The first-order valence-corrected chi connectivity index (χ1v) is 9.52. The van der Waals surface area contributed by atoms with Crippen LogP contribution in [-0.2, 0) is 0 Å². The Bertz CT molecular complexity index is 969. The van der Waals surface area contributed by atoms with Gasteiger partial charge in [0.1, 0.15) is 30.8 Å². The summed E-state index contributed by atoms with van der Waals surface area (Å²) in [5, 5.41) is 12.9. The molecule has 0 saturated heterocycles. The van der Waals surface area contributed by atoms with Crippen LogP contribution in [0.3, 0.4) is 0 Å². The van der Waals surface area contributed by atoms with E-state index < -0.39 is 6.10 Å². The highest BCUT2D eigenvalue weighted by atomic mass is 16.5. The van der Waals surface area contributed by atoms with Gasteiger partial charge in [0.2, 0.25) is 0 Å². The molecule has 0 fully saturated rings. The Morgan fingerprint density at radius 2 is 1.33 bits per heavy atom. The number of carbonyl (C=O) groups is 2. The van der Waals surface area contributed by atoms with Crippen molar-refractivity contribution in [1.29, 1.82) is 0 Å². The van der Waals surface area contributed by atoms with Crippen molar-refractivity contribution in [2.45, 2.75) is 13.0 Å². The zero-order chi connectivity index (χ0) is 21.3. The number of hydrogen-bond donors (Lipinski definition) is 2. The number of amides is 1. The molecule has 0 radical (unpaired) electrons. The summed E-state index contributed by atoms with van der Waals surface area (Å²) in [6.07, 6.45) is -0.824. The molecule has 0 heterocycles. The van der Waals surface area contributed by atoms with Gasteiger partial charge in [0.15, 0.2) is 5.78 Å². The fourth-order valence-corrected chi connectivity index (χ4v) is 2.65. The number of rotatable bonds is 9. The van der Waals surface area contributed by atoms with Crippen LogP contribution in [0.4, 0.5) is 5.69 Å². The maximum atomic E-state index is 12.1. The molecule has 0 aliphatic rings. The topological polar surface area (TPSA) is 84.9 Å². The van der Waals surface area contributed by atoms with E-state index in [2.05, 4.69) is 5.32 Å². The lowest BCUT2D eigenvalue weighted by Gasteiger charge is -2.14. The quantitative estimate of drug-likeness (QED) is 0.527. The summed E-state index contributed by atoms with van der Waals surface area (Å²) in [6, 6.07) is 22.6. The zero-order valence-corrected chi connectivity index (χ0v) is 16.6. The summed E-state index contributed by atoms with van der Waals surface area (Å²) in [5.74, 6) is 0.934. The number of ether oxygens (including phenoxy) is 2. The first kappa shape index (κ1) is 21.1. The van der Waals surface area contributed by atoms with E-state index in [9.17, 15) is 14.7 Å². The lowest BCUT2D eigenvalue weighted by Crippen LogP contribution is -2.25. The van der Waals surface area contributed by atoms with Crippen LogP contribution in [0.1, 0.15) is 27.6 Å². The van der Waals surface area contributed by atoms with E-state index >= 15 is 0 Å². The molecule has 3 rings (SSSR count). The molecule has 1 atom stereocenters. The number of aliphatic hydroxyl groups excluding tert-OH is 1. The fraction of sp³-hybridized carbons (Fsp3) is 0.167. The van der Waals surface area contributed by atoms with Crippen LogP contribution in [0.25, 0.3) is 0 Å². The molecular formula is C24H23NO5. The third kappa shape index (κ3) is 6.18. The number of anilines is 1. The van der Waals surface area contributed by atoms with E-state index in [0.29, 0.717) is 28.3 Å². The van der Waals surface area contributed by atoms with Crippen LogP contribution in [-0.4, -0.2) is 36.1 Å². The van der Waals surface area contributed by atoms with Gasteiger partial charge in [-0.05, 0) is 67.6 Å². The number of ketones is 1. The highest BCUT2D eigenvalue weighted by molar-refractivity contribution is 6.04. The molecule has 6 heteroatoms. The second kappa shape index (κ2) is 10.2. The van der Waals surface area contributed by atoms with E-state index in [0.717, 1.165) is 0 Å². The van der Waals surface area contributed by atoms with Crippen LogP contribution in [0.5, 0.6) is 11.5 Å². The second-order valence-corrected chi connectivity index (χ2v) is 6.70. The minimum Gasteiger partial charge on any atom is -0.491 e. The van der Waals surface area contributed by atoms with Crippen molar-refractivity contribution < 1.29 is 24.2 Å². The van der Waals surface area contributed by atoms with E-state index in [1.54, 1.807) is 60.7 Å². The predicted octanol–water partition coefficient (Wildman–Crippen LogP) is 3.96. The third-order valence-corrected chi connectivity index (χ3v) is 4.29. The van der Waals surface area contributed by atoms with Crippen LogP contribution >= 0.6 is 0 Å². The minimum absolute atomic E-state index is 0.0133. The fourth-order valence-electron chi connectivity index (χ4n) is 2.65. The molecule has 30 heavy (non-hydrogen) atoms. The molecule has 0 saturated carbocycles. The Balaban J connectivity index is 1.43. The highest BCUT2D eigenvalue weighted by Crippen LogP contribution is 2.17. The van der Waals surface area contributed by atoms with Crippen molar-refractivity contribution in [2.24, 2.45) is 0 Å². The maximum Gasteiger partial charge on any atom is 0.255 e. The van der Waals surface area contributed by atoms with Gasteiger partial charge in [0, 0.05) is 16.8 Å². The van der Waals surface area contributed by atoms with Gasteiger partial charge >= 0.3 is 0 Å². The smallest absolute Gasteiger partial charge is 0.255 e. The molecule has 3 aromatic carbocycles. The standard InChI is InChI=1S/C24H23NO5/c1-17(26)18-7-11-22(12-8-18)29-15-21(27)16-30-23-13-9-20(10-14-23)25-24(28)19-5-3-2-4-6-19/h2-14,21,27H,15-16H2,1H3,(H,25,28)/t21-/m1/s1. The molecule has 0 bridgehead atoms. The molecule has 2 N–H and O–H groups in total. The van der Waals surface area contributed by atoms with Gasteiger partial charge < -0.3 is 19.9 Å². The van der Waals surface area contributed by atoms with Gasteiger partial charge in [-0.25, -0.2) is 0 Å². The Morgan fingerprint density at radius 1 is 0.800 bits per heavy atom. The van der Waals surface area contributed by atoms with Crippen LogP contribution < -0.4 is 14.8 Å². The van der Waals surface area contributed by atoms with E-state index in [1.165, 1.54) is 6.92 Å². The van der Waals surface area contributed by atoms with Crippen LogP contribution in [0.15, 0.2) is 78.9 Å². The van der Waals surface area contributed by atoms with E-state index in [1.807, 2.05) is 18.2 Å². The van der Waals surface area contributed by atoms with Gasteiger partial charge in [0.05, 0.1) is 0 Å². The molecule has 0 aromatic heterocycles. The normalized spacial score (nSPS) is 11.4. The molecular weight excluding hydrogens is 382 g/mol. The van der Waals surface area contributed by atoms with Gasteiger partial charge in [-0.15, -0.1) is 0 Å². The van der Waals surface area contributed by atoms with Crippen molar-refractivity contribution in [2.75, 3.05) is 18.5 Å². The zero-order valence-electron chi connectivity index (χ0n) is 16.6. The second-order valence-electron chi connectivity index (χ2n) is 6.70. The molecule has 0 unspecified atom stereocenters. The first-order valence-electron chi connectivity index (χ1n) is 9.52. The molecule has 154 valence electrons. The first-order chi connectivity index (χ1) is 14.5. The largest absolute Gasteiger partial charge is 0.491 e. The average molecular weight is 405 g/mol. The number of benzene rings is 3. The van der Waals surface area contributed by atoms with Crippen LogP contribution in [0, 0.1) is 0 Å². The van der Waals surface area contributed by atoms with Crippen molar-refractivity contribution in [3.63, 3.8) is 0 Å². The third-order valence-electron chi connectivity index (χ3n) is 4.29. The summed E-state index contributed by atoms with van der Waals surface area (Å²) < 4.78 is 11.1. The lowest BCUT2D eigenvalue weighted by molar-refractivity contribution is 0.0626. The number of hydrogen-bond acceptors (Lipinski definition) is 5. The monoisotopic (exact) mass is 405 g/mol. The van der Waals surface area contributed by atoms with E-state index in [-0.39, 0.29) is 24.9 Å². The van der Waals surface area contributed by atoms with Crippen molar-refractivity contribution >= 4 is 17.4 Å². The Kier molecular flexibility index (Phi) is 7.19. The summed E-state index contributed by atoms with van der Waals surface area (Å²) in [7, 11) is 0. The number of carbonyl (C=O) groups excluding carboxylic acids is 2. The maximum absolute atomic E-state index is 12.1. The minimum atomic E-state index is -0.824. The highest BCUT2D eigenvalue weighted by Gasteiger charge is 2.09. The van der Waals surface area contributed by atoms with E-state index in [4.69, 9.17) is 9.47 Å². The summed E-state index contributed by atoms with van der Waals surface area (Å²) >= 11 is 0. The Morgan fingerprint density at radius 3 is 1.87 bits per heavy atom. The molecule has 6 nitrogen and oxygen atoms in total. The van der Waals surface area contributed by atoms with Gasteiger partial charge in [-0.2, -0.15) is 0 Å². The number of Topliss-reactive ketones (excluding diaryl/α,β-unsaturated/α-hetero) is 1. The molecule has 1 amide bonds. The van der Waals surface area contributed by atoms with Crippen molar-refractivity contribution in [3.8, 4) is 11.5 Å². The predicted molar refractivity (Wildman–Crippen MR) is 114 cm³/mol. The SMILES string of the molecule is CC(=O)c1ccc(OC[C@@H](O)COc2ccc(NC(=O)c3ccccc3)cc2)cc1. The summed E-state index contributed by atoms with van der Waals surface area (Å²) in [4.78, 5) is 23.4. The Labute approximate surface area is 175 Å². The van der Waals surface area contributed by atoms with Crippen molar-refractivity contribution in [3.05, 3.63) is 90.0 Å². The average Bonchev–Trinajstić information content (AvgIpc) is 2.78. The summed E-state index contributed by atoms with van der Waals surface area (Å²) in [5.41, 5.74) is 1.83. The molecule has 0 aliphatic heterocycles. The molecule has 0 aliphatic carbocycles. The lowest BCUT2D eigenvalue weighted by atomic mass is 10.1. The van der Waals surface area contributed by atoms with Crippen LogP contribution in [0.2, 0.25) is 0 Å². The molecule has 3 aromatic rings. The number of nitrogens with one attached hydrogen (secondary N) is 1. The van der Waals surface area contributed by atoms with Gasteiger partial charge in [-0.3, -0.25) is 9.59 Å². The molecule has 0 spiro atoms.